The van der Waals surface area contributed by atoms with E-state index in [0.29, 0.717) is 0 Å². The topological polar surface area (TPSA) is 57.0 Å². The van der Waals surface area contributed by atoms with Crippen LogP contribution in [0.3, 0.4) is 0 Å². The van der Waals surface area contributed by atoms with Crippen LogP contribution in [0.25, 0.3) is 11.0 Å². The molecule has 1 aromatic carbocycles. The van der Waals surface area contributed by atoms with Gasteiger partial charge < -0.3 is 9.30 Å². The van der Waals surface area contributed by atoms with Gasteiger partial charge in [0.1, 0.15) is 12.1 Å². The summed E-state index contributed by atoms with van der Waals surface area (Å²) in [5.74, 6) is -0.292. The molecular formula is C17H17N3O2. The third-order valence-electron chi connectivity index (χ3n) is 3.69. The molecule has 0 amide bonds. The number of aromatic nitrogens is 3. The highest BCUT2D eigenvalue weighted by atomic mass is 16.5. The van der Waals surface area contributed by atoms with Crippen LogP contribution in [0.4, 0.5) is 0 Å². The molecule has 0 aliphatic carbocycles. The van der Waals surface area contributed by atoms with Crippen LogP contribution in [0.5, 0.6) is 0 Å². The smallest absolute Gasteiger partial charge is 0.329 e. The quantitative estimate of drug-likeness (QED) is 0.693. The van der Waals surface area contributed by atoms with Gasteiger partial charge in [-0.15, -0.1) is 0 Å². The molecule has 2 aromatic heterocycles. The summed E-state index contributed by atoms with van der Waals surface area (Å²) < 4.78 is 7.37. The normalized spacial score (nSPS) is 13.7. The Kier molecular flexibility index (Phi) is 3.87. The first kappa shape index (κ1) is 14.3. The fourth-order valence-corrected chi connectivity index (χ4v) is 2.36. The van der Waals surface area contributed by atoms with E-state index < -0.39 is 6.04 Å². The number of hydrogen-bond donors (Lipinski definition) is 0. The van der Waals surface area contributed by atoms with E-state index in [-0.39, 0.29) is 12.1 Å². The largest absolute Gasteiger partial charge is 0.456 e. The van der Waals surface area contributed by atoms with E-state index in [0.717, 1.165) is 16.6 Å². The maximum absolute atomic E-state index is 12.4. The minimum absolute atomic E-state index is 0.292. The van der Waals surface area contributed by atoms with Crippen molar-refractivity contribution in [3.8, 4) is 0 Å². The van der Waals surface area contributed by atoms with Gasteiger partial charge in [0.25, 0.3) is 0 Å². The number of nitrogens with zero attached hydrogens (tertiary/aromatic N) is 3. The molecule has 5 nitrogen and oxygen atoms in total. The van der Waals surface area contributed by atoms with Gasteiger partial charge >= 0.3 is 5.97 Å². The van der Waals surface area contributed by atoms with Gasteiger partial charge in [-0.05, 0) is 32.0 Å². The molecule has 0 N–H and O–H groups in total. The Morgan fingerprint density at radius 3 is 2.77 bits per heavy atom. The number of fused-ring (bicyclic) bond motifs is 1. The Balaban J connectivity index is 1.77. The molecule has 0 spiro atoms. The van der Waals surface area contributed by atoms with E-state index >= 15 is 0 Å². The minimum atomic E-state index is -0.438. The molecule has 3 rings (SSSR count). The van der Waals surface area contributed by atoms with Crippen LogP contribution in [0.15, 0.2) is 55.1 Å². The van der Waals surface area contributed by atoms with Crippen molar-refractivity contribution in [2.45, 2.75) is 26.0 Å². The lowest BCUT2D eigenvalue weighted by atomic mass is 10.2. The van der Waals surface area contributed by atoms with E-state index in [1.54, 1.807) is 18.7 Å². The van der Waals surface area contributed by atoms with Crippen LogP contribution in [0.1, 0.15) is 31.6 Å². The molecule has 0 saturated heterocycles. The van der Waals surface area contributed by atoms with Crippen LogP contribution < -0.4 is 0 Å². The zero-order chi connectivity index (χ0) is 15.5. The second kappa shape index (κ2) is 5.97. The average Bonchev–Trinajstić information content (AvgIpc) is 2.99. The number of carbonyl (C=O) groups is 1. The monoisotopic (exact) mass is 295 g/mol. The molecule has 0 radical (unpaired) electrons. The summed E-state index contributed by atoms with van der Waals surface area (Å²) in [6.45, 7) is 3.65. The van der Waals surface area contributed by atoms with Crippen LogP contribution in [-0.4, -0.2) is 20.5 Å². The molecule has 22 heavy (non-hydrogen) atoms. The first-order valence-electron chi connectivity index (χ1n) is 7.19. The molecule has 0 aliphatic heterocycles. The van der Waals surface area contributed by atoms with Gasteiger partial charge in [-0.3, -0.25) is 4.98 Å². The van der Waals surface area contributed by atoms with E-state index in [4.69, 9.17) is 4.74 Å². The third-order valence-corrected chi connectivity index (χ3v) is 3.69. The highest BCUT2D eigenvalue weighted by molar-refractivity contribution is 5.80. The molecule has 0 unspecified atom stereocenters. The Bertz CT molecular complexity index is 783. The van der Waals surface area contributed by atoms with Crippen molar-refractivity contribution in [1.82, 2.24) is 14.5 Å². The van der Waals surface area contributed by atoms with Gasteiger partial charge in [-0.1, -0.05) is 18.2 Å². The second-order valence-corrected chi connectivity index (χ2v) is 5.18. The summed E-state index contributed by atoms with van der Waals surface area (Å²) in [7, 11) is 0. The zero-order valence-electron chi connectivity index (χ0n) is 12.5. The van der Waals surface area contributed by atoms with E-state index in [1.165, 1.54) is 0 Å². The minimum Gasteiger partial charge on any atom is -0.456 e. The molecule has 112 valence electrons. The predicted octanol–water partition coefficient (Wildman–Crippen LogP) is 3.30. The van der Waals surface area contributed by atoms with Gasteiger partial charge in [0.05, 0.1) is 17.4 Å². The highest BCUT2D eigenvalue weighted by Gasteiger charge is 2.21. The van der Waals surface area contributed by atoms with E-state index in [2.05, 4.69) is 9.97 Å². The first-order chi connectivity index (χ1) is 10.7. The lowest BCUT2D eigenvalue weighted by molar-refractivity contribution is -0.152. The maximum Gasteiger partial charge on any atom is 0.329 e. The summed E-state index contributed by atoms with van der Waals surface area (Å²) >= 11 is 0. The molecule has 0 aliphatic rings. The zero-order valence-corrected chi connectivity index (χ0v) is 12.5. The summed E-state index contributed by atoms with van der Waals surface area (Å²) in [5.41, 5.74) is 2.65. The first-order valence-corrected chi connectivity index (χ1v) is 7.19. The molecule has 3 aromatic rings. The van der Waals surface area contributed by atoms with Crippen molar-refractivity contribution >= 4 is 17.0 Å². The van der Waals surface area contributed by atoms with Crippen molar-refractivity contribution in [2.75, 3.05) is 0 Å². The summed E-state index contributed by atoms with van der Waals surface area (Å²) in [4.78, 5) is 20.7. The fraction of sp³-hybridized carbons (Fsp3) is 0.235. The lowest BCUT2D eigenvalue weighted by Gasteiger charge is -2.18. The molecule has 2 atom stereocenters. The van der Waals surface area contributed by atoms with Crippen molar-refractivity contribution < 1.29 is 9.53 Å². The number of rotatable bonds is 4. The van der Waals surface area contributed by atoms with E-state index in [1.807, 2.05) is 54.8 Å². The molecule has 0 fully saturated rings. The molecule has 5 heteroatoms. The number of para-hydroxylation sites is 2. The lowest BCUT2D eigenvalue weighted by Crippen LogP contribution is -2.20. The molecule has 0 bridgehead atoms. The highest BCUT2D eigenvalue weighted by Crippen LogP contribution is 2.22. The Hall–Kier alpha value is -2.69. The number of hydrogen-bond acceptors (Lipinski definition) is 4. The summed E-state index contributed by atoms with van der Waals surface area (Å²) in [6, 6.07) is 11.0. The van der Waals surface area contributed by atoms with Crippen molar-refractivity contribution in [3.63, 3.8) is 0 Å². The number of esters is 1. The predicted molar refractivity (Wildman–Crippen MR) is 83.2 cm³/mol. The molecule has 0 saturated carbocycles. The van der Waals surface area contributed by atoms with Gasteiger partial charge in [0.15, 0.2) is 0 Å². The number of imidazole rings is 1. The number of carbonyl (C=O) groups excluding carboxylic acids is 1. The Morgan fingerprint density at radius 2 is 2.00 bits per heavy atom. The third kappa shape index (κ3) is 2.70. The van der Waals surface area contributed by atoms with Crippen LogP contribution in [0, 0.1) is 0 Å². The van der Waals surface area contributed by atoms with Gasteiger partial charge in [0.2, 0.25) is 0 Å². The van der Waals surface area contributed by atoms with Crippen LogP contribution >= 0.6 is 0 Å². The Labute approximate surface area is 128 Å². The Morgan fingerprint density at radius 1 is 1.18 bits per heavy atom. The van der Waals surface area contributed by atoms with Gasteiger partial charge in [0, 0.05) is 18.0 Å². The fourth-order valence-electron chi connectivity index (χ4n) is 2.36. The van der Waals surface area contributed by atoms with Crippen LogP contribution in [0.2, 0.25) is 0 Å². The van der Waals surface area contributed by atoms with Crippen molar-refractivity contribution in [3.05, 3.63) is 60.7 Å². The van der Waals surface area contributed by atoms with Crippen LogP contribution in [-0.2, 0) is 9.53 Å². The molecule has 2 heterocycles. The summed E-state index contributed by atoms with van der Waals surface area (Å²) in [5, 5.41) is 0. The number of ether oxygens (including phenoxy) is 1. The standard InChI is InChI=1S/C17H17N3O2/c1-12(20-11-19-15-7-3-4-8-16(15)20)17(21)22-13(2)14-6-5-9-18-10-14/h3-13H,1-2H3/t12-,13+/m1/s1. The number of benzene rings is 1. The average molecular weight is 295 g/mol. The van der Waals surface area contributed by atoms with Crippen molar-refractivity contribution in [1.29, 1.82) is 0 Å². The van der Waals surface area contributed by atoms with E-state index in [9.17, 15) is 4.79 Å². The SMILES string of the molecule is C[C@H](OC(=O)[C@@H](C)n1cnc2ccccc21)c1cccnc1. The maximum atomic E-state index is 12.4. The second-order valence-electron chi connectivity index (χ2n) is 5.18. The van der Waals surface area contributed by atoms with Gasteiger partial charge in [-0.2, -0.15) is 0 Å². The number of pyridine rings is 1. The van der Waals surface area contributed by atoms with Gasteiger partial charge in [-0.25, -0.2) is 9.78 Å². The van der Waals surface area contributed by atoms with Crippen molar-refractivity contribution in [2.24, 2.45) is 0 Å². The summed E-state index contributed by atoms with van der Waals surface area (Å²) in [6.07, 6.45) is 4.73. The molecular weight excluding hydrogens is 278 g/mol.